The molecule has 0 spiro atoms. The van der Waals surface area contributed by atoms with E-state index in [1.165, 1.54) is 6.92 Å². The first-order valence-corrected chi connectivity index (χ1v) is 11.6. The Morgan fingerprint density at radius 2 is 1.66 bits per heavy atom. The summed E-state index contributed by atoms with van der Waals surface area (Å²) in [6, 6.07) is 14.4. The lowest BCUT2D eigenvalue weighted by atomic mass is 9.96. The molecule has 0 bridgehead atoms. The SMILES string of the molecule is C#C[C@@](C)(Oc1ccc(Br)cc1)[C@H](NC(=O)OCc1ccccc1)C(=O)NCC(=O)OC(C)(C)C. The van der Waals surface area contributed by atoms with Crippen LogP contribution in [-0.4, -0.2) is 41.8 Å². The smallest absolute Gasteiger partial charge is 0.408 e. The number of esters is 1. The highest BCUT2D eigenvalue weighted by molar-refractivity contribution is 9.10. The Hall–Kier alpha value is -3.51. The molecule has 35 heavy (non-hydrogen) atoms. The number of alkyl carbamates (subject to hydrolysis) is 1. The highest BCUT2D eigenvalue weighted by Crippen LogP contribution is 2.24. The van der Waals surface area contributed by atoms with Gasteiger partial charge in [-0.25, -0.2) is 4.79 Å². The van der Waals surface area contributed by atoms with Gasteiger partial charge in [0.05, 0.1) is 0 Å². The Bertz CT molecular complexity index is 1060. The molecule has 9 heteroatoms. The molecule has 2 rings (SSSR count). The van der Waals surface area contributed by atoms with Gasteiger partial charge < -0.3 is 24.8 Å². The van der Waals surface area contributed by atoms with Gasteiger partial charge in [0.2, 0.25) is 5.91 Å². The molecular formula is C26H29BrN2O6. The molecule has 0 radical (unpaired) electrons. The van der Waals surface area contributed by atoms with E-state index in [-0.39, 0.29) is 6.61 Å². The van der Waals surface area contributed by atoms with Crippen molar-refractivity contribution in [2.45, 2.75) is 51.5 Å². The van der Waals surface area contributed by atoms with E-state index in [2.05, 4.69) is 32.5 Å². The van der Waals surface area contributed by atoms with Crippen molar-refractivity contribution in [3.63, 3.8) is 0 Å². The highest BCUT2D eigenvalue weighted by Gasteiger charge is 2.42. The number of terminal acetylenes is 1. The second-order valence-corrected chi connectivity index (χ2v) is 9.67. The van der Waals surface area contributed by atoms with E-state index in [0.717, 1.165) is 10.0 Å². The Morgan fingerprint density at radius 3 is 2.23 bits per heavy atom. The average Bonchev–Trinajstić information content (AvgIpc) is 2.80. The third-order valence-corrected chi connectivity index (χ3v) is 5.07. The van der Waals surface area contributed by atoms with Crippen LogP contribution in [-0.2, 0) is 25.7 Å². The zero-order valence-electron chi connectivity index (χ0n) is 20.1. The van der Waals surface area contributed by atoms with Crippen LogP contribution in [0, 0.1) is 12.3 Å². The van der Waals surface area contributed by atoms with E-state index >= 15 is 0 Å². The number of benzene rings is 2. The van der Waals surface area contributed by atoms with E-state index in [0.29, 0.717) is 5.75 Å². The quantitative estimate of drug-likeness (QED) is 0.365. The van der Waals surface area contributed by atoms with Crippen molar-refractivity contribution in [3.05, 3.63) is 64.6 Å². The predicted molar refractivity (Wildman–Crippen MR) is 134 cm³/mol. The first-order chi connectivity index (χ1) is 16.4. The van der Waals surface area contributed by atoms with Crippen LogP contribution < -0.4 is 15.4 Å². The van der Waals surface area contributed by atoms with Gasteiger partial charge >= 0.3 is 12.1 Å². The Labute approximate surface area is 213 Å². The van der Waals surface area contributed by atoms with Crippen molar-refractivity contribution in [1.82, 2.24) is 10.6 Å². The molecule has 8 nitrogen and oxygen atoms in total. The zero-order valence-corrected chi connectivity index (χ0v) is 21.7. The standard InChI is InChI=1S/C26H29BrN2O6/c1-6-26(5,34-20-14-12-19(27)13-15-20)22(23(31)28-16-21(30)35-25(2,3)4)29-24(32)33-17-18-10-8-7-9-11-18/h1,7-15,22H,16-17H2,2-5H3,(H,28,31)(H,29,32)/t22-,26-/m1/s1. The zero-order chi connectivity index (χ0) is 26.1. The third kappa shape index (κ3) is 9.33. The molecule has 0 saturated heterocycles. The van der Waals surface area contributed by atoms with Gasteiger partial charge in [0.15, 0.2) is 11.6 Å². The van der Waals surface area contributed by atoms with E-state index in [4.69, 9.17) is 20.6 Å². The molecule has 2 aromatic rings. The van der Waals surface area contributed by atoms with Crippen molar-refractivity contribution >= 4 is 33.9 Å². The minimum absolute atomic E-state index is 0.0146. The summed E-state index contributed by atoms with van der Waals surface area (Å²) in [7, 11) is 0. The van der Waals surface area contributed by atoms with Gasteiger partial charge in [-0.05, 0) is 57.5 Å². The van der Waals surface area contributed by atoms with Crippen LogP contribution in [0.5, 0.6) is 5.75 Å². The summed E-state index contributed by atoms with van der Waals surface area (Å²) in [6.45, 7) is 6.17. The third-order valence-electron chi connectivity index (χ3n) is 4.55. The molecule has 2 N–H and O–H groups in total. The second-order valence-electron chi connectivity index (χ2n) is 8.75. The number of halogens is 1. The highest BCUT2D eigenvalue weighted by atomic mass is 79.9. The van der Waals surface area contributed by atoms with Crippen LogP contribution >= 0.6 is 15.9 Å². The summed E-state index contributed by atoms with van der Waals surface area (Å²) >= 11 is 3.34. The fraction of sp³-hybridized carbons (Fsp3) is 0.346. The molecule has 2 atom stereocenters. The summed E-state index contributed by atoms with van der Waals surface area (Å²) in [5, 5.41) is 4.93. The fourth-order valence-electron chi connectivity index (χ4n) is 2.89. The molecule has 0 aliphatic carbocycles. The van der Waals surface area contributed by atoms with Gasteiger partial charge in [0, 0.05) is 4.47 Å². The monoisotopic (exact) mass is 544 g/mol. The lowest BCUT2D eigenvalue weighted by molar-refractivity contribution is -0.154. The van der Waals surface area contributed by atoms with Gasteiger partial charge in [-0.2, -0.15) is 0 Å². The first kappa shape index (κ1) is 27.7. The number of amides is 2. The van der Waals surface area contributed by atoms with Crippen molar-refractivity contribution in [2.75, 3.05) is 6.54 Å². The molecule has 0 aliphatic heterocycles. The predicted octanol–water partition coefficient (Wildman–Crippen LogP) is 3.97. The topological polar surface area (TPSA) is 103 Å². The molecule has 186 valence electrons. The van der Waals surface area contributed by atoms with Crippen molar-refractivity contribution in [1.29, 1.82) is 0 Å². The summed E-state index contributed by atoms with van der Waals surface area (Å²) in [5.74, 6) is 1.43. The lowest BCUT2D eigenvalue weighted by Gasteiger charge is -2.33. The van der Waals surface area contributed by atoms with Crippen molar-refractivity contribution in [3.8, 4) is 18.1 Å². The number of rotatable bonds is 9. The summed E-state index contributed by atoms with van der Waals surface area (Å²) in [4.78, 5) is 37.8. The van der Waals surface area contributed by atoms with Crippen LogP contribution in [0.15, 0.2) is 59.1 Å². The minimum atomic E-state index is -1.63. The van der Waals surface area contributed by atoms with Crippen LogP contribution in [0.2, 0.25) is 0 Å². The van der Waals surface area contributed by atoms with Crippen LogP contribution in [0.25, 0.3) is 0 Å². The Kier molecular flexibility index (Phi) is 9.72. The number of carbonyl (C=O) groups excluding carboxylic acids is 3. The van der Waals surface area contributed by atoms with Gasteiger partial charge in [-0.1, -0.05) is 52.2 Å². The molecule has 0 saturated carbocycles. The molecule has 0 heterocycles. The Morgan fingerprint density at radius 1 is 1.03 bits per heavy atom. The molecule has 2 amide bonds. The molecule has 0 unspecified atom stereocenters. The molecule has 0 fully saturated rings. The second kappa shape index (κ2) is 12.3. The maximum atomic E-state index is 13.1. The van der Waals surface area contributed by atoms with Gasteiger partial charge in [-0.15, -0.1) is 6.42 Å². The number of hydrogen-bond donors (Lipinski definition) is 2. The maximum absolute atomic E-state index is 13.1. The fourth-order valence-corrected chi connectivity index (χ4v) is 3.16. The lowest BCUT2D eigenvalue weighted by Crippen LogP contribution is -2.61. The molecule has 2 aromatic carbocycles. The van der Waals surface area contributed by atoms with Gasteiger partial charge in [0.25, 0.3) is 0 Å². The summed E-state index contributed by atoms with van der Waals surface area (Å²) in [6.07, 6.45) is 4.87. The first-order valence-electron chi connectivity index (χ1n) is 10.8. The van der Waals surface area contributed by atoms with Crippen molar-refractivity contribution < 1.29 is 28.6 Å². The van der Waals surface area contributed by atoms with Gasteiger partial charge in [0.1, 0.15) is 24.5 Å². The average molecular weight is 545 g/mol. The van der Waals surface area contributed by atoms with E-state index in [1.807, 2.05) is 18.2 Å². The summed E-state index contributed by atoms with van der Waals surface area (Å²) < 4.78 is 17.2. The number of carbonyl (C=O) groups is 3. The summed E-state index contributed by atoms with van der Waals surface area (Å²) in [5.41, 5.74) is -1.59. The number of nitrogens with one attached hydrogen (secondary N) is 2. The van der Waals surface area contributed by atoms with E-state index in [1.54, 1.807) is 57.2 Å². The maximum Gasteiger partial charge on any atom is 0.408 e. The van der Waals surface area contributed by atoms with E-state index in [9.17, 15) is 14.4 Å². The largest absolute Gasteiger partial charge is 0.472 e. The van der Waals surface area contributed by atoms with Gasteiger partial charge in [-0.3, -0.25) is 9.59 Å². The number of hydrogen-bond acceptors (Lipinski definition) is 6. The van der Waals surface area contributed by atoms with Crippen LogP contribution in [0.1, 0.15) is 33.3 Å². The molecular weight excluding hydrogens is 516 g/mol. The van der Waals surface area contributed by atoms with E-state index < -0.39 is 41.8 Å². The Balaban J connectivity index is 2.19. The number of ether oxygens (including phenoxy) is 3. The molecule has 0 aromatic heterocycles. The van der Waals surface area contributed by atoms with Crippen LogP contribution in [0.4, 0.5) is 4.79 Å². The normalized spacial score (nSPS) is 13.4. The van der Waals surface area contributed by atoms with Crippen LogP contribution in [0.3, 0.4) is 0 Å². The minimum Gasteiger partial charge on any atom is -0.472 e. The van der Waals surface area contributed by atoms with Crippen molar-refractivity contribution in [2.24, 2.45) is 0 Å². The molecule has 0 aliphatic rings.